The van der Waals surface area contributed by atoms with Gasteiger partial charge in [0.2, 0.25) is 0 Å². The molecule has 4 nitrogen and oxygen atoms in total. The van der Waals surface area contributed by atoms with Crippen LogP contribution in [0.5, 0.6) is 0 Å². The number of para-hydroxylation sites is 1. The predicted molar refractivity (Wildman–Crippen MR) is 111 cm³/mol. The molecule has 0 aliphatic carbocycles. The molecule has 2 aromatic heterocycles. The molecule has 4 rings (SSSR count). The van der Waals surface area contributed by atoms with Crippen LogP contribution in [0, 0.1) is 0 Å². The zero-order valence-corrected chi connectivity index (χ0v) is 16.1. The molecule has 0 saturated heterocycles. The number of hydrogen-bond donors (Lipinski definition) is 1. The summed E-state index contributed by atoms with van der Waals surface area (Å²) in [7, 11) is 0. The van der Waals surface area contributed by atoms with Crippen LogP contribution >= 0.6 is 23.1 Å². The van der Waals surface area contributed by atoms with Crippen LogP contribution in [-0.4, -0.2) is 15.9 Å². The molecular formula is C21H17N3OS2. The second-order valence-corrected chi connectivity index (χ2v) is 8.22. The summed E-state index contributed by atoms with van der Waals surface area (Å²) in [6, 6.07) is 19.7. The summed E-state index contributed by atoms with van der Waals surface area (Å²) < 4.78 is 2.27. The molecule has 2 aromatic carbocycles. The molecule has 0 spiro atoms. The second kappa shape index (κ2) is 8.33. The van der Waals surface area contributed by atoms with Crippen LogP contribution in [0.3, 0.4) is 0 Å². The fraction of sp³-hybridized carbons (Fsp3) is 0.0952. The third-order valence-corrected chi connectivity index (χ3v) is 6.31. The average Bonchev–Trinajstić information content (AvgIpc) is 3.15. The quantitative estimate of drug-likeness (QED) is 0.474. The summed E-state index contributed by atoms with van der Waals surface area (Å²) in [6.45, 7) is 0.497. The maximum Gasteiger partial charge on any atom is 0.251 e. The molecule has 1 N–H and O–H groups in total. The monoisotopic (exact) mass is 391 g/mol. The zero-order valence-electron chi connectivity index (χ0n) is 14.5. The van der Waals surface area contributed by atoms with E-state index >= 15 is 0 Å². The average molecular weight is 392 g/mol. The Morgan fingerprint density at radius 2 is 1.74 bits per heavy atom. The fourth-order valence-electron chi connectivity index (χ4n) is 2.60. The Morgan fingerprint density at radius 1 is 0.963 bits per heavy atom. The Morgan fingerprint density at radius 3 is 2.52 bits per heavy atom. The third-order valence-electron chi connectivity index (χ3n) is 4.06. The lowest BCUT2D eigenvalue weighted by molar-refractivity contribution is 0.0951. The molecule has 4 aromatic rings. The number of aromatic nitrogens is 2. The van der Waals surface area contributed by atoms with E-state index in [-0.39, 0.29) is 5.91 Å². The van der Waals surface area contributed by atoms with Crippen molar-refractivity contribution in [2.24, 2.45) is 0 Å². The van der Waals surface area contributed by atoms with Crippen molar-refractivity contribution in [1.82, 2.24) is 15.3 Å². The Hall–Kier alpha value is -2.70. The first kappa shape index (κ1) is 17.7. The van der Waals surface area contributed by atoms with Crippen LogP contribution in [0.25, 0.3) is 10.2 Å². The number of thiazole rings is 1. The number of amides is 1. The maximum absolute atomic E-state index is 12.3. The molecule has 0 fully saturated rings. The summed E-state index contributed by atoms with van der Waals surface area (Å²) in [5.74, 6) is 0.760. The minimum absolute atomic E-state index is 0.0720. The first-order valence-electron chi connectivity index (χ1n) is 8.52. The van der Waals surface area contributed by atoms with Crippen molar-refractivity contribution in [3.8, 4) is 0 Å². The Labute approximate surface area is 165 Å². The van der Waals surface area contributed by atoms with Gasteiger partial charge in [0, 0.05) is 30.3 Å². The molecule has 0 saturated carbocycles. The van der Waals surface area contributed by atoms with Crippen molar-refractivity contribution in [2.45, 2.75) is 16.6 Å². The molecule has 1 amide bonds. The molecule has 0 unspecified atom stereocenters. The standard InChI is InChI=1S/C21H17N3OS2/c25-20(23-13-15-9-11-22-12-10-15)17-7-5-16(6-8-17)14-26-21-24-18-3-1-2-4-19(18)27-21/h1-12H,13-14H2,(H,23,25). The van der Waals surface area contributed by atoms with Gasteiger partial charge in [0.1, 0.15) is 0 Å². The van der Waals surface area contributed by atoms with Gasteiger partial charge in [-0.25, -0.2) is 4.98 Å². The molecule has 0 aliphatic rings. The highest BCUT2D eigenvalue weighted by atomic mass is 32.2. The summed E-state index contributed by atoms with van der Waals surface area (Å²) >= 11 is 3.43. The molecule has 6 heteroatoms. The Bertz CT molecular complexity index is 1010. The van der Waals surface area contributed by atoms with E-state index in [2.05, 4.69) is 21.4 Å². The van der Waals surface area contributed by atoms with E-state index in [1.165, 1.54) is 10.3 Å². The first-order valence-corrected chi connectivity index (χ1v) is 10.3. The number of fused-ring (bicyclic) bond motifs is 1. The molecule has 0 aliphatic heterocycles. The van der Waals surface area contributed by atoms with Gasteiger partial charge in [0.05, 0.1) is 10.2 Å². The highest BCUT2D eigenvalue weighted by Gasteiger charge is 2.07. The number of nitrogens with zero attached hydrogens (tertiary/aromatic N) is 2. The second-order valence-electron chi connectivity index (χ2n) is 5.97. The normalized spacial score (nSPS) is 10.8. The van der Waals surface area contributed by atoms with Gasteiger partial charge >= 0.3 is 0 Å². The fourth-order valence-corrected chi connectivity index (χ4v) is 4.62. The van der Waals surface area contributed by atoms with E-state index in [4.69, 9.17) is 0 Å². The lowest BCUT2D eigenvalue weighted by Gasteiger charge is -2.06. The van der Waals surface area contributed by atoms with E-state index in [0.29, 0.717) is 12.1 Å². The first-order chi connectivity index (χ1) is 13.3. The van der Waals surface area contributed by atoms with Crippen molar-refractivity contribution in [3.05, 3.63) is 89.7 Å². The van der Waals surface area contributed by atoms with Crippen molar-refractivity contribution in [2.75, 3.05) is 0 Å². The van der Waals surface area contributed by atoms with Gasteiger partial charge in [-0.15, -0.1) is 11.3 Å². The molecule has 27 heavy (non-hydrogen) atoms. The van der Waals surface area contributed by atoms with Crippen molar-refractivity contribution in [1.29, 1.82) is 0 Å². The van der Waals surface area contributed by atoms with Crippen LogP contribution in [0.1, 0.15) is 21.5 Å². The predicted octanol–water partition coefficient (Wildman–Crippen LogP) is 4.91. The van der Waals surface area contributed by atoms with Crippen LogP contribution in [0.2, 0.25) is 0 Å². The minimum atomic E-state index is -0.0720. The number of rotatable bonds is 6. The largest absolute Gasteiger partial charge is 0.348 e. The van der Waals surface area contributed by atoms with Crippen LogP contribution in [0.15, 0.2) is 77.4 Å². The van der Waals surface area contributed by atoms with E-state index in [1.807, 2.05) is 54.6 Å². The van der Waals surface area contributed by atoms with Crippen molar-refractivity contribution < 1.29 is 4.79 Å². The van der Waals surface area contributed by atoms with E-state index < -0.39 is 0 Å². The summed E-state index contributed by atoms with van der Waals surface area (Å²) in [5, 5.41) is 2.93. The van der Waals surface area contributed by atoms with Crippen LogP contribution < -0.4 is 5.32 Å². The minimum Gasteiger partial charge on any atom is -0.348 e. The van der Waals surface area contributed by atoms with E-state index in [0.717, 1.165) is 21.2 Å². The lowest BCUT2D eigenvalue weighted by atomic mass is 10.1. The summed E-state index contributed by atoms with van der Waals surface area (Å²) in [4.78, 5) is 20.9. The summed E-state index contributed by atoms with van der Waals surface area (Å²) in [5.41, 5.74) is 3.91. The maximum atomic E-state index is 12.3. The van der Waals surface area contributed by atoms with E-state index in [9.17, 15) is 4.79 Å². The topological polar surface area (TPSA) is 54.9 Å². The summed E-state index contributed by atoms with van der Waals surface area (Å²) in [6.07, 6.45) is 3.44. The molecule has 0 atom stereocenters. The smallest absolute Gasteiger partial charge is 0.251 e. The highest BCUT2D eigenvalue weighted by Crippen LogP contribution is 2.31. The molecule has 2 heterocycles. The molecule has 0 radical (unpaired) electrons. The number of carbonyl (C=O) groups excluding carboxylic acids is 1. The number of nitrogens with one attached hydrogen (secondary N) is 1. The van der Waals surface area contributed by atoms with Crippen molar-refractivity contribution >= 4 is 39.2 Å². The number of carbonyl (C=O) groups is 1. The molecule has 0 bridgehead atoms. The van der Waals surface area contributed by atoms with Gasteiger partial charge in [-0.05, 0) is 47.5 Å². The third kappa shape index (κ3) is 4.53. The van der Waals surface area contributed by atoms with Gasteiger partial charge in [-0.3, -0.25) is 9.78 Å². The molecular weight excluding hydrogens is 374 g/mol. The van der Waals surface area contributed by atoms with Crippen molar-refractivity contribution in [3.63, 3.8) is 0 Å². The van der Waals surface area contributed by atoms with Crippen LogP contribution in [-0.2, 0) is 12.3 Å². The Balaban J connectivity index is 1.33. The van der Waals surface area contributed by atoms with Gasteiger partial charge < -0.3 is 5.32 Å². The molecule has 134 valence electrons. The lowest BCUT2D eigenvalue weighted by Crippen LogP contribution is -2.22. The van der Waals surface area contributed by atoms with Gasteiger partial charge in [-0.2, -0.15) is 0 Å². The number of benzene rings is 2. The Kier molecular flexibility index (Phi) is 5.46. The zero-order chi connectivity index (χ0) is 18.5. The number of thioether (sulfide) groups is 1. The number of pyridine rings is 1. The van der Waals surface area contributed by atoms with Gasteiger partial charge in [-0.1, -0.05) is 36.0 Å². The number of hydrogen-bond acceptors (Lipinski definition) is 5. The van der Waals surface area contributed by atoms with Gasteiger partial charge in [0.15, 0.2) is 4.34 Å². The SMILES string of the molecule is O=C(NCc1ccncc1)c1ccc(CSc2nc3ccccc3s2)cc1. The highest BCUT2D eigenvalue weighted by molar-refractivity contribution is 8.00. The van der Waals surface area contributed by atoms with Crippen LogP contribution in [0.4, 0.5) is 0 Å². The van der Waals surface area contributed by atoms with E-state index in [1.54, 1.807) is 35.5 Å². The van der Waals surface area contributed by atoms with Gasteiger partial charge in [0.25, 0.3) is 5.91 Å².